The molecule has 0 fully saturated rings. The summed E-state index contributed by atoms with van der Waals surface area (Å²) in [6, 6.07) is 20.3. The molecule has 0 aromatic heterocycles. The van der Waals surface area contributed by atoms with Crippen LogP contribution in [0.1, 0.15) is 17.2 Å². The second kappa shape index (κ2) is 11.7. The van der Waals surface area contributed by atoms with Gasteiger partial charge in [0.15, 0.2) is 16.6 Å². The van der Waals surface area contributed by atoms with Gasteiger partial charge in [-0.3, -0.25) is 10.4 Å². The van der Waals surface area contributed by atoms with Gasteiger partial charge in [0.25, 0.3) is 0 Å². The maximum atomic E-state index is 10.8. The van der Waals surface area contributed by atoms with Gasteiger partial charge in [0, 0.05) is 23.2 Å². The molecule has 3 N–H and O–H groups in total. The van der Waals surface area contributed by atoms with Crippen LogP contribution in [0.3, 0.4) is 0 Å². The van der Waals surface area contributed by atoms with E-state index in [9.17, 15) is 5.11 Å². The average Bonchev–Trinajstić information content (AvgIpc) is 3.44. The molecule has 0 saturated carbocycles. The highest BCUT2D eigenvalue weighted by Gasteiger charge is 2.32. The number of aromatic hydroxyl groups is 1. The molecule has 1 aliphatic heterocycles. The molecule has 9 nitrogen and oxygen atoms in total. The SMILES string of the molecule is COc1cc(NC(=S)N2NC(c3c(O)cccc3OC)=CC2c2ccc(OC)c3ccccc23)cc(OC)c1OC. The summed E-state index contributed by atoms with van der Waals surface area (Å²) in [4.78, 5) is 0. The number of nitrogens with zero attached hydrogens (tertiary/aromatic N) is 1. The van der Waals surface area contributed by atoms with Gasteiger partial charge in [-0.1, -0.05) is 36.4 Å². The predicted molar refractivity (Wildman–Crippen MR) is 163 cm³/mol. The number of nitrogens with one attached hydrogen (secondary N) is 2. The standard InChI is InChI=1S/C31H31N3O6S/c1-36-25-14-13-20(19-9-6-7-10-21(19)25)23-17-22(29-24(35)11-8-12-26(29)37-2)33-34(23)31(41)32-18-15-27(38-3)30(40-5)28(16-18)39-4/h6-17,23,33,35H,1-5H3,(H,32,41). The maximum Gasteiger partial charge on any atom is 0.203 e. The topological polar surface area (TPSA) is 93.7 Å². The van der Waals surface area contributed by atoms with Crippen molar-refractivity contribution in [1.82, 2.24) is 10.4 Å². The van der Waals surface area contributed by atoms with E-state index in [1.807, 2.05) is 47.5 Å². The molecule has 41 heavy (non-hydrogen) atoms. The van der Waals surface area contributed by atoms with Crippen LogP contribution < -0.4 is 34.4 Å². The van der Waals surface area contributed by atoms with E-state index in [0.29, 0.717) is 45.1 Å². The highest BCUT2D eigenvalue weighted by Crippen LogP contribution is 2.43. The minimum atomic E-state index is -0.368. The maximum absolute atomic E-state index is 10.8. The third-order valence-electron chi connectivity index (χ3n) is 6.93. The Hall–Kier alpha value is -4.83. The van der Waals surface area contributed by atoms with Gasteiger partial charge in [-0.25, -0.2) is 0 Å². The van der Waals surface area contributed by atoms with Crippen molar-refractivity contribution >= 4 is 39.5 Å². The Labute approximate surface area is 243 Å². The first-order valence-corrected chi connectivity index (χ1v) is 13.2. The number of rotatable bonds is 8. The van der Waals surface area contributed by atoms with Gasteiger partial charge >= 0.3 is 0 Å². The van der Waals surface area contributed by atoms with Gasteiger partial charge < -0.3 is 34.1 Å². The smallest absolute Gasteiger partial charge is 0.203 e. The van der Waals surface area contributed by atoms with Gasteiger partial charge in [0.05, 0.1) is 52.9 Å². The third kappa shape index (κ3) is 5.09. The normalized spacial score (nSPS) is 14.2. The molecule has 1 atom stereocenters. The van der Waals surface area contributed by atoms with E-state index in [1.165, 1.54) is 0 Å². The summed E-state index contributed by atoms with van der Waals surface area (Å²) in [7, 11) is 7.89. The molecule has 4 aromatic rings. The molecule has 1 heterocycles. The molecule has 0 saturated heterocycles. The molecule has 1 unspecified atom stereocenters. The third-order valence-corrected chi connectivity index (χ3v) is 7.23. The predicted octanol–water partition coefficient (Wildman–Crippen LogP) is 5.89. The van der Waals surface area contributed by atoms with Crippen LogP contribution in [0.2, 0.25) is 0 Å². The number of methoxy groups -OCH3 is 5. The lowest BCUT2D eigenvalue weighted by Crippen LogP contribution is -2.42. The van der Waals surface area contributed by atoms with Crippen molar-refractivity contribution in [3.8, 4) is 34.5 Å². The largest absolute Gasteiger partial charge is 0.507 e. The number of anilines is 1. The molecular weight excluding hydrogens is 542 g/mol. The number of hydrogen-bond donors (Lipinski definition) is 3. The van der Waals surface area contributed by atoms with Gasteiger partial charge in [-0.2, -0.15) is 0 Å². The number of thiocarbonyl (C=S) groups is 1. The van der Waals surface area contributed by atoms with Crippen molar-refractivity contribution in [3.63, 3.8) is 0 Å². The average molecular weight is 574 g/mol. The van der Waals surface area contributed by atoms with E-state index in [1.54, 1.807) is 65.9 Å². The van der Waals surface area contributed by atoms with Crippen molar-refractivity contribution in [2.45, 2.75) is 6.04 Å². The van der Waals surface area contributed by atoms with E-state index < -0.39 is 0 Å². The number of phenols is 1. The number of hydrazine groups is 1. The lowest BCUT2D eigenvalue weighted by molar-refractivity contribution is 0.324. The molecular formula is C31H31N3O6S. The molecule has 1 aliphatic rings. The summed E-state index contributed by atoms with van der Waals surface area (Å²) in [5.41, 5.74) is 6.17. The van der Waals surface area contributed by atoms with Crippen LogP contribution in [0, 0.1) is 0 Å². The van der Waals surface area contributed by atoms with Crippen molar-refractivity contribution in [2.75, 3.05) is 40.9 Å². The molecule has 0 amide bonds. The van der Waals surface area contributed by atoms with Gasteiger partial charge in [-0.05, 0) is 47.4 Å². The Balaban J connectivity index is 1.60. The second-order valence-electron chi connectivity index (χ2n) is 9.11. The van der Waals surface area contributed by atoms with E-state index in [-0.39, 0.29) is 11.8 Å². The lowest BCUT2D eigenvalue weighted by atomic mass is 9.97. The van der Waals surface area contributed by atoms with Crippen molar-refractivity contribution in [1.29, 1.82) is 0 Å². The molecule has 10 heteroatoms. The van der Waals surface area contributed by atoms with E-state index in [4.69, 9.17) is 35.9 Å². The fraction of sp³-hybridized carbons (Fsp3) is 0.194. The molecule has 4 aromatic carbocycles. The van der Waals surface area contributed by atoms with Crippen LogP contribution in [-0.4, -0.2) is 50.8 Å². The summed E-state index contributed by atoms with van der Waals surface area (Å²) >= 11 is 5.95. The molecule has 212 valence electrons. The molecule has 0 bridgehead atoms. The summed E-state index contributed by atoms with van der Waals surface area (Å²) in [6.07, 6.45) is 2.01. The van der Waals surface area contributed by atoms with Gasteiger partial charge in [0.2, 0.25) is 5.75 Å². The van der Waals surface area contributed by atoms with E-state index >= 15 is 0 Å². The van der Waals surface area contributed by atoms with Crippen molar-refractivity contribution < 1.29 is 28.8 Å². The highest BCUT2D eigenvalue weighted by atomic mass is 32.1. The Kier molecular flexibility index (Phi) is 7.93. The quantitative estimate of drug-likeness (QED) is 0.222. The number of fused-ring (bicyclic) bond motifs is 1. The molecule has 0 spiro atoms. The van der Waals surface area contributed by atoms with Crippen molar-refractivity contribution in [3.05, 3.63) is 83.9 Å². The highest BCUT2D eigenvalue weighted by molar-refractivity contribution is 7.80. The zero-order valence-corrected chi connectivity index (χ0v) is 24.2. The minimum absolute atomic E-state index is 0.0757. The summed E-state index contributed by atoms with van der Waals surface area (Å²) < 4.78 is 27.7. The van der Waals surface area contributed by atoms with Crippen LogP contribution in [0.25, 0.3) is 16.5 Å². The van der Waals surface area contributed by atoms with Crippen LogP contribution in [0.15, 0.2) is 72.8 Å². The summed E-state index contributed by atoms with van der Waals surface area (Å²) in [5.74, 6) is 2.82. The molecule has 5 rings (SSSR count). The van der Waals surface area contributed by atoms with E-state index in [2.05, 4.69) is 10.7 Å². The minimum Gasteiger partial charge on any atom is -0.507 e. The number of hydrogen-bond acceptors (Lipinski definition) is 8. The first-order chi connectivity index (χ1) is 19.9. The molecule has 0 radical (unpaired) electrons. The second-order valence-corrected chi connectivity index (χ2v) is 9.49. The van der Waals surface area contributed by atoms with Crippen LogP contribution in [0.4, 0.5) is 5.69 Å². The Morgan fingerprint density at radius 1 is 0.780 bits per heavy atom. The van der Waals surface area contributed by atoms with Gasteiger partial charge in [0.1, 0.15) is 17.2 Å². The molecule has 0 aliphatic carbocycles. The van der Waals surface area contributed by atoms with Gasteiger partial charge in [-0.15, -0.1) is 0 Å². The number of phenolic OH excluding ortho intramolecular Hbond substituents is 1. The first-order valence-electron chi connectivity index (χ1n) is 12.7. The Bertz CT molecular complexity index is 1610. The lowest BCUT2D eigenvalue weighted by Gasteiger charge is -2.29. The van der Waals surface area contributed by atoms with Crippen LogP contribution in [-0.2, 0) is 0 Å². The first kappa shape index (κ1) is 27.7. The number of benzene rings is 4. The monoisotopic (exact) mass is 573 g/mol. The summed E-state index contributed by atoms with van der Waals surface area (Å²) in [6.45, 7) is 0. The van der Waals surface area contributed by atoms with Crippen molar-refractivity contribution in [2.24, 2.45) is 0 Å². The Morgan fingerprint density at radius 2 is 1.44 bits per heavy atom. The van der Waals surface area contributed by atoms with E-state index in [0.717, 1.165) is 22.1 Å². The fourth-order valence-corrected chi connectivity index (χ4v) is 5.32. The number of ether oxygens (including phenoxy) is 5. The summed E-state index contributed by atoms with van der Waals surface area (Å²) in [5, 5.41) is 18.3. The van der Waals surface area contributed by atoms with Crippen LogP contribution in [0.5, 0.6) is 34.5 Å². The Morgan fingerprint density at radius 3 is 2.07 bits per heavy atom. The fourth-order valence-electron chi connectivity index (χ4n) is 5.04. The zero-order chi connectivity index (χ0) is 29.1. The van der Waals surface area contributed by atoms with Crippen LogP contribution >= 0.6 is 12.2 Å². The zero-order valence-electron chi connectivity index (χ0n) is 23.3.